The lowest BCUT2D eigenvalue weighted by atomic mass is 10.1. The lowest BCUT2D eigenvalue weighted by Crippen LogP contribution is -2.44. The Balaban J connectivity index is 2.18. The molecule has 1 N–H and O–H groups in total. The molecule has 1 aliphatic rings. The van der Waals surface area contributed by atoms with Crippen molar-refractivity contribution in [2.24, 2.45) is 5.92 Å². The van der Waals surface area contributed by atoms with Gasteiger partial charge < -0.3 is 19.7 Å². The number of nitrogens with zero attached hydrogens (tertiary/aromatic N) is 1. The molecule has 0 spiro atoms. The molecule has 0 unspecified atom stereocenters. The van der Waals surface area contributed by atoms with Gasteiger partial charge in [0, 0.05) is 18.5 Å². The summed E-state index contributed by atoms with van der Waals surface area (Å²) in [5.41, 5.74) is 0.571. The highest BCUT2D eigenvalue weighted by Gasteiger charge is 2.35. The van der Waals surface area contributed by atoms with Crippen molar-refractivity contribution in [1.82, 2.24) is 4.90 Å². The van der Waals surface area contributed by atoms with Gasteiger partial charge in [0.2, 0.25) is 11.8 Å². The maximum atomic E-state index is 12.8. The summed E-state index contributed by atoms with van der Waals surface area (Å²) in [6, 6.07) is 4.93. The van der Waals surface area contributed by atoms with E-state index in [-0.39, 0.29) is 17.7 Å². The van der Waals surface area contributed by atoms with Crippen LogP contribution in [-0.4, -0.2) is 42.5 Å². The third-order valence-electron chi connectivity index (χ3n) is 4.15. The van der Waals surface area contributed by atoms with E-state index >= 15 is 0 Å². The van der Waals surface area contributed by atoms with Crippen molar-refractivity contribution in [2.45, 2.75) is 46.6 Å². The highest BCUT2D eigenvalue weighted by atomic mass is 16.5. The predicted molar refractivity (Wildman–Crippen MR) is 97.0 cm³/mol. The van der Waals surface area contributed by atoms with Gasteiger partial charge in [-0.1, -0.05) is 13.8 Å². The normalized spacial score (nSPS) is 16.8. The highest BCUT2D eigenvalue weighted by molar-refractivity contribution is 5.98. The second-order valence-electron chi connectivity index (χ2n) is 6.36. The zero-order chi connectivity index (χ0) is 18.4. The van der Waals surface area contributed by atoms with Crippen LogP contribution < -0.4 is 14.8 Å². The Morgan fingerprint density at radius 3 is 2.60 bits per heavy atom. The number of anilines is 1. The van der Waals surface area contributed by atoms with E-state index in [4.69, 9.17) is 9.47 Å². The molecule has 25 heavy (non-hydrogen) atoms. The summed E-state index contributed by atoms with van der Waals surface area (Å²) >= 11 is 0. The fraction of sp³-hybridized carbons (Fsp3) is 0.579. The number of carbonyl (C=O) groups excluding carboxylic acids is 2. The number of amides is 2. The maximum absolute atomic E-state index is 12.8. The van der Waals surface area contributed by atoms with Crippen molar-refractivity contribution < 1.29 is 19.1 Å². The molecule has 2 amide bonds. The number of likely N-dealkylation sites (tertiary alicyclic amines) is 1. The molecule has 1 aromatic rings. The molecule has 1 fully saturated rings. The number of rotatable bonds is 7. The van der Waals surface area contributed by atoms with Crippen molar-refractivity contribution >= 4 is 17.5 Å². The predicted octanol–water partition coefficient (Wildman–Crippen LogP) is 3.07. The topological polar surface area (TPSA) is 67.9 Å². The van der Waals surface area contributed by atoms with E-state index < -0.39 is 6.04 Å². The summed E-state index contributed by atoms with van der Waals surface area (Å²) in [7, 11) is 0. The quantitative estimate of drug-likeness (QED) is 0.822. The maximum Gasteiger partial charge on any atom is 0.247 e. The number of hydrogen-bond donors (Lipinski definition) is 1. The molecule has 138 valence electrons. The molecule has 2 rings (SSSR count). The number of ether oxygens (including phenoxy) is 2. The van der Waals surface area contributed by atoms with Gasteiger partial charge in [-0.15, -0.1) is 0 Å². The summed E-state index contributed by atoms with van der Waals surface area (Å²) in [5.74, 6) is 0.988. The van der Waals surface area contributed by atoms with Crippen LogP contribution in [0.5, 0.6) is 11.5 Å². The third kappa shape index (κ3) is 4.65. The monoisotopic (exact) mass is 348 g/mol. The smallest absolute Gasteiger partial charge is 0.247 e. The number of benzene rings is 1. The first-order valence-electron chi connectivity index (χ1n) is 8.98. The number of nitrogens with one attached hydrogen (secondary N) is 1. The minimum atomic E-state index is -0.430. The van der Waals surface area contributed by atoms with Crippen LogP contribution >= 0.6 is 0 Å². The third-order valence-corrected chi connectivity index (χ3v) is 4.15. The minimum Gasteiger partial charge on any atom is -0.494 e. The van der Waals surface area contributed by atoms with Gasteiger partial charge in [0.15, 0.2) is 0 Å². The van der Waals surface area contributed by atoms with Crippen LogP contribution in [0.1, 0.15) is 40.5 Å². The Labute approximate surface area is 149 Å². The van der Waals surface area contributed by atoms with Gasteiger partial charge in [-0.05, 0) is 38.8 Å². The number of carbonyl (C=O) groups is 2. The molecule has 1 saturated heterocycles. The molecule has 1 atom stereocenters. The molecule has 1 aromatic carbocycles. The molecule has 0 radical (unpaired) electrons. The first-order chi connectivity index (χ1) is 12.0. The Bertz CT molecular complexity index is 615. The van der Waals surface area contributed by atoms with Gasteiger partial charge in [0.1, 0.15) is 17.5 Å². The van der Waals surface area contributed by atoms with Gasteiger partial charge in [-0.3, -0.25) is 9.59 Å². The zero-order valence-electron chi connectivity index (χ0n) is 15.5. The molecule has 1 heterocycles. The summed E-state index contributed by atoms with van der Waals surface area (Å²) in [5, 5.41) is 2.92. The van der Waals surface area contributed by atoms with Crippen LogP contribution in [0.3, 0.4) is 0 Å². The average molecular weight is 348 g/mol. The van der Waals surface area contributed by atoms with Crippen LogP contribution in [0.15, 0.2) is 18.2 Å². The molecule has 6 nitrogen and oxygen atoms in total. The van der Waals surface area contributed by atoms with Crippen molar-refractivity contribution in [1.29, 1.82) is 0 Å². The molecule has 0 aromatic heterocycles. The fourth-order valence-electron chi connectivity index (χ4n) is 3.00. The second-order valence-corrected chi connectivity index (χ2v) is 6.36. The fourth-order valence-corrected chi connectivity index (χ4v) is 3.00. The van der Waals surface area contributed by atoms with Crippen LogP contribution in [0, 0.1) is 5.92 Å². The summed E-state index contributed by atoms with van der Waals surface area (Å²) in [4.78, 5) is 26.8. The molecule has 0 bridgehead atoms. The van der Waals surface area contributed by atoms with E-state index in [0.29, 0.717) is 43.4 Å². The van der Waals surface area contributed by atoms with Crippen molar-refractivity contribution in [2.75, 3.05) is 25.1 Å². The summed E-state index contributed by atoms with van der Waals surface area (Å²) in [6.45, 7) is 9.18. The summed E-state index contributed by atoms with van der Waals surface area (Å²) < 4.78 is 11.1. The van der Waals surface area contributed by atoms with Crippen molar-refractivity contribution in [3.8, 4) is 11.5 Å². The highest BCUT2D eigenvalue weighted by Crippen LogP contribution is 2.30. The largest absolute Gasteiger partial charge is 0.494 e. The molecule has 6 heteroatoms. The van der Waals surface area contributed by atoms with Gasteiger partial charge in [-0.2, -0.15) is 0 Å². The Kier molecular flexibility index (Phi) is 6.67. The second kappa shape index (κ2) is 8.74. The SMILES string of the molecule is CCOc1ccc(OCC)c(NC(=O)[C@@H]2CCCN2C(=O)C(C)C)c1. The zero-order valence-corrected chi connectivity index (χ0v) is 15.5. The van der Waals surface area contributed by atoms with Gasteiger partial charge in [0.05, 0.1) is 18.9 Å². The molecular formula is C19H28N2O4. The van der Waals surface area contributed by atoms with Crippen LogP contribution in [-0.2, 0) is 9.59 Å². The van der Waals surface area contributed by atoms with Gasteiger partial charge in [-0.25, -0.2) is 0 Å². The van der Waals surface area contributed by atoms with Crippen molar-refractivity contribution in [3.05, 3.63) is 18.2 Å². The van der Waals surface area contributed by atoms with E-state index in [1.807, 2.05) is 33.8 Å². The molecule has 0 saturated carbocycles. The molecule has 1 aliphatic heterocycles. The van der Waals surface area contributed by atoms with Crippen LogP contribution in [0.2, 0.25) is 0 Å². The summed E-state index contributed by atoms with van der Waals surface area (Å²) in [6.07, 6.45) is 1.52. The van der Waals surface area contributed by atoms with Gasteiger partial charge >= 0.3 is 0 Å². The first-order valence-corrected chi connectivity index (χ1v) is 8.98. The Morgan fingerprint density at radius 2 is 1.96 bits per heavy atom. The Hall–Kier alpha value is -2.24. The lowest BCUT2D eigenvalue weighted by Gasteiger charge is -2.26. The van der Waals surface area contributed by atoms with E-state index in [1.54, 1.807) is 17.0 Å². The van der Waals surface area contributed by atoms with Crippen molar-refractivity contribution in [3.63, 3.8) is 0 Å². The van der Waals surface area contributed by atoms with E-state index in [2.05, 4.69) is 5.32 Å². The van der Waals surface area contributed by atoms with E-state index in [0.717, 1.165) is 6.42 Å². The van der Waals surface area contributed by atoms with E-state index in [9.17, 15) is 9.59 Å². The van der Waals surface area contributed by atoms with Crippen LogP contribution in [0.4, 0.5) is 5.69 Å². The van der Waals surface area contributed by atoms with Crippen LogP contribution in [0.25, 0.3) is 0 Å². The van der Waals surface area contributed by atoms with E-state index in [1.165, 1.54) is 0 Å². The average Bonchev–Trinajstić information content (AvgIpc) is 3.06. The lowest BCUT2D eigenvalue weighted by molar-refractivity contribution is -0.139. The molecule has 0 aliphatic carbocycles. The van der Waals surface area contributed by atoms with Gasteiger partial charge in [0.25, 0.3) is 0 Å². The number of hydrogen-bond acceptors (Lipinski definition) is 4. The Morgan fingerprint density at radius 1 is 1.24 bits per heavy atom. The standard InChI is InChI=1S/C19H28N2O4/c1-5-24-14-9-10-17(25-6-2)15(12-14)20-18(22)16-8-7-11-21(16)19(23)13(3)4/h9-10,12-13,16H,5-8,11H2,1-4H3,(H,20,22)/t16-/m0/s1. The first kappa shape index (κ1) is 19.1. The molecular weight excluding hydrogens is 320 g/mol. The minimum absolute atomic E-state index is 0.0192.